The standard InChI is InChI=1S/C29H30O3/c1-5-26(21(4)30)29(24-16-14-23(15-17-24)22-11-8-7-9-12-22)28(27(31)6-2)20(3)19-25-13-10-18-32-25/h5,7-18,29H,6,19H2,1-4H3/b26-5+,28-20+. The summed E-state index contributed by atoms with van der Waals surface area (Å²) in [4.78, 5) is 25.8. The van der Waals surface area contributed by atoms with E-state index >= 15 is 0 Å². The molecule has 0 bridgehead atoms. The number of benzene rings is 2. The Morgan fingerprint density at radius 2 is 1.56 bits per heavy atom. The minimum atomic E-state index is -0.412. The molecule has 0 N–H and O–H groups in total. The predicted molar refractivity (Wildman–Crippen MR) is 129 cm³/mol. The van der Waals surface area contributed by atoms with Crippen LogP contribution in [0.4, 0.5) is 0 Å². The van der Waals surface area contributed by atoms with Crippen LogP contribution < -0.4 is 0 Å². The van der Waals surface area contributed by atoms with Crippen LogP contribution in [0.3, 0.4) is 0 Å². The van der Waals surface area contributed by atoms with Gasteiger partial charge in [-0.1, -0.05) is 73.2 Å². The first kappa shape index (κ1) is 23.2. The van der Waals surface area contributed by atoms with E-state index in [1.807, 2.05) is 69.3 Å². The molecule has 0 amide bonds. The van der Waals surface area contributed by atoms with Gasteiger partial charge >= 0.3 is 0 Å². The molecule has 164 valence electrons. The third-order valence-electron chi connectivity index (χ3n) is 5.77. The van der Waals surface area contributed by atoms with Crippen molar-refractivity contribution in [3.8, 4) is 11.1 Å². The molecule has 3 aromatic rings. The SMILES string of the molecule is C/C=C(\C(C)=O)C(/C(C(=O)CC)=C(\C)Cc1ccco1)c1ccc(-c2ccccc2)cc1. The number of hydrogen-bond acceptors (Lipinski definition) is 3. The highest BCUT2D eigenvalue weighted by atomic mass is 16.3. The van der Waals surface area contributed by atoms with Crippen LogP contribution in [-0.2, 0) is 16.0 Å². The number of ketones is 2. The summed E-state index contributed by atoms with van der Waals surface area (Å²) >= 11 is 0. The molecular formula is C29H30O3. The normalized spacial score (nSPS) is 13.4. The van der Waals surface area contributed by atoms with Crippen LogP contribution in [0.1, 0.15) is 51.4 Å². The van der Waals surface area contributed by atoms with Gasteiger partial charge in [-0.15, -0.1) is 0 Å². The van der Waals surface area contributed by atoms with Crippen molar-refractivity contribution in [3.63, 3.8) is 0 Å². The highest BCUT2D eigenvalue weighted by molar-refractivity contribution is 6.03. The fourth-order valence-corrected chi connectivity index (χ4v) is 4.18. The number of hydrogen-bond donors (Lipinski definition) is 0. The molecule has 0 spiro atoms. The number of carbonyl (C=O) groups excluding carboxylic acids is 2. The van der Waals surface area contributed by atoms with Crippen LogP contribution in [0.2, 0.25) is 0 Å². The molecule has 0 fully saturated rings. The quantitative estimate of drug-likeness (QED) is 0.343. The Morgan fingerprint density at radius 3 is 2.09 bits per heavy atom. The van der Waals surface area contributed by atoms with Gasteiger partial charge in [0, 0.05) is 29.9 Å². The molecule has 0 aliphatic heterocycles. The minimum absolute atomic E-state index is 0.0307. The maximum absolute atomic E-state index is 13.2. The summed E-state index contributed by atoms with van der Waals surface area (Å²) < 4.78 is 5.53. The van der Waals surface area contributed by atoms with E-state index in [1.54, 1.807) is 13.2 Å². The third kappa shape index (κ3) is 5.23. The molecule has 3 rings (SSSR count). The van der Waals surface area contributed by atoms with Crippen molar-refractivity contribution in [2.24, 2.45) is 0 Å². The highest BCUT2D eigenvalue weighted by Crippen LogP contribution is 2.37. The lowest BCUT2D eigenvalue weighted by atomic mass is 9.77. The van der Waals surface area contributed by atoms with E-state index in [2.05, 4.69) is 24.3 Å². The smallest absolute Gasteiger partial charge is 0.159 e. The van der Waals surface area contributed by atoms with E-state index in [9.17, 15) is 9.59 Å². The van der Waals surface area contributed by atoms with Crippen molar-refractivity contribution in [2.45, 2.75) is 46.5 Å². The van der Waals surface area contributed by atoms with Gasteiger partial charge in [-0.25, -0.2) is 0 Å². The molecule has 0 saturated carbocycles. The summed E-state index contributed by atoms with van der Waals surface area (Å²) in [6, 6.07) is 22.1. The lowest BCUT2D eigenvalue weighted by molar-refractivity contribution is -0.115. The van der Waals surface area contributed by atoms with E-state index in [-0.39, 0.29) is 11.6 Å². The largest absolute Gasteiger partial charge is 0.469 e. The Balaban J connectivity index is 2.13. The van der Waals surface area contributed by atoms with E-state index in [1.165, 1.54) is 0 Å². The number of Topliss-reactive ketones (excluding diaryl/α,β-unsaturated/α-hetero) is 2. The molecule has 3 nitrogen and oxygen atoms in total. The lowest BCUT2D eigenvalue weighted by Gasteiger charge is -2.24. The first-order valence-corrected chi connectivity index (χ1v) is 11.0. The average molecular weight is 427 g/mol. The van der Waals surface area contributed by atoms with E-state index < -0.39 is 5.92 Å². The van der Waals surface area contributed by atoms with Crippen molar-refractivity contribution in [2.75, 3.05) is 0 Å². The van der Waals surface area contributed by atoms with Crippen molar-refractivity contribution >= 4 is 11.6 Å². The average Bonchev–Trinajstić information content (AvgIpc) is 3.32. The Kier molecular flexibility index (Phi) is 7.77. The van der Waals surface area contributed by atoms with Crippen molar-refractivity contribution < 1.29 is 14.0 Å². The zero-order chi connectivity index (χ0) is 23.1. The molecule has 0 saturated heterocycles. The second kappa shape index (κ2) is 10.7. The molecule has 1 heterocycles. The van der Waals surface area contributed by atoms with Crippen LogP contribution in [0.5, 0.6) is 0 Å². The maximum Gasteiger partial charge on any atom is 0.159 e. The van der Waals surface area contributed by atoms with Crippen LogP contribution in [-0.4, -0.2) is 11.6 Å². The molecule has 1 unspecified atom stereocenters. The summed E-state index contributed by atoms with van der Waals surface area (Å²) in [5.74, 6) is 0.403. The summed E-state index contributed by atoms with van der Waals surface area (Å²) in [6.07, 6.45) is 4.37. The Morgan fingerprint density at radius 1 is 0.906 bits per heavy atom. The second-order valence-electron chi connectivity index (χ2n) is 7.95. The molecule has 3 heteroatoms. The molecule has 2 aromatic carbocycles. The van der Waals surface area contributed by atoms with E-state index in [4.69, 9.17) is 4.42 Å². The lowest BCUT2D eigenvalue weighted by Crippen LogP contribution is -2.19. The second-order valence-corrected chi connectivity index (χ2v) is 7.95. The minimum Gasteiger partial charge on any atom is -0.469 e. The fraction of sp³-hybridized carbons (Fsp3) is 0.241. The molecule has 0 radical (unpaired) electrons. The van der Waals surface area contributed by atoms with Crippen LogP contribution in [0, 0.1) is 0 Å². The summed E-state index contributed by atoms with van der Waals surface area (Å²) in [5.41, 5.74) is 5.39. The number of furan rings is 1. The topological polar surface area (TPSA) is 47.3 Å². The van der Waals surface area contributed by atoms with Crippen LogP contribution >= 0.6 is 0 Å². The highest BCUT2D eigenvalue weighted by Gasteiger charge is 2.29. The van der Waals surface area contributed by atoms with Gasteiger partial charge in [-0.3, -0.25) is 9.59 Å². The van der Waals surface area contributed by atoms with Crippen LogP contribution in [0.15, 0.2) is 100 Å². The monoisotopic (exact) mass is 426 g/mol. The van der Waals surface area contributed by atoms with Gasteiger partial charge < -0.3 is 4.42 Å². The first-order valence-electron chi connectivity index (χ1n) is 11.0. The van der Waals surface area contributed by atoms with Gasteiger partial charge in [0.1, 0.15) is 5.76 Å². The van der Waals surface area contributed by atoms with Gasteiger partial charge in [0.2, 0.25) is 0 Å². The van der Waals surface area contributed by atoms with Crippen molar-refractivity contribution in [1.29, 1.82) is 0 Å². The molecule has 32 heavy (non-hydrogen) atoms. The van der Waals surface area contributed by atoms with Crippen LogP contribution in [0.25, 0.3) is 11.1 Å². The van der Waals surface area contributed by atoms with Crippen molar-refractivity contribution in [1.82, 2.24) is 0 Å². The third-order valence-corrected chi connectivity index (χ3v) is 5.77. The fourth-order valence-electron chi connectivity index (χ4n) is 4.18. The summed E-state index contributed by atoms with van der Waals surface area (Å²) in [7, 11) is 0. The number of rotatable bonds is 9. The zero-order valence-electron chi connectivity index (χ0n) is 19.2. The number of carbonyl (C=O) groups is 2. The van der Waals surface area contributed by atoms with E-state index in [0.717, 1.165) is 28.0 Å². The maximum atomic E-state index is 13.2. The van der Waals surface area contributed by atoms with Gasteiger partial charge in [0.25, 0.3) is 0 Å². The summed E-state index contributed by atoms with van der Waals surface area (Å²) in [5, 5.41) is 0. The first-order chi connectivity index (χ1) is 15.5. The summed E-state index contributed by atoms with van der Waals surface area (Å²) in [6.45, 7) is 7.25. The zero-order valence-corrected chi connectivity index (χ0v) is 19.2. The van der Waals surface area contributed by atoms with Gasteiger partial charge in [0.15, 0.2) is 11.6 Å². The number of allylic oxidation sites excluding steroid dienone is 4. The van der Waals surface area contributed by atoms with Gasteiger partial charge in [0.05, 0.1) is 6.26 Å². The Labute approximate surface area is 190 Å². The predicted octanol–water partition coefficient (Wildman–Crippen LogP) is 7.10. The van der Waals surface area contributed by atoms with Gasteiger partial charge in [-0.2, -0.15) is 0 Å². The molecule has 0 aliphatic carbocycles. The van der Waals surface area contributed by atoms with E-state index in [0.29, 0.717) is 24.0 Å². The Bertz CT molecular complexity index is 1110. The molecule has 1 aromatic heterocycles. The van der Waals surface area contributed by atoms with Gasteiger partial charge in [-0.05, 0) is 49.6 Å². The molecule has 0 aliphatic rings. The molecular weight excluding hydrogens is 396 g/mol. The Hall–Kier alpha value is -3.46. The molecule has 1 atom stereocenters. The van der Waals surface area contributed by atoms with Crippen molar-refractivity contribution in [3.05, 3.63) is 107 Å².